The van der Waals surface area contributed by atoms with E-state index in [-0.39, 0.29) is 0 Å². The zero-order valence-corrected chi connectivity index (χ0v) is 6.50. The monoisotopic (exact) mass is 149 g/mol. The average Bonchev–Trinajstić information content (AvgIpc) is 2.04. The van der Waals surface area contributed by atoms with E-state index in [9.17, 15) is 4.91 Å². The zero-order chi connectivity index (χ0) is 8.27. The van der Waals surface area contributed by atoms with Crippen LogP contribution in [0.25, 0.3) is 0 Å². The number of methoxy groups -OCH3 is 1. The Morgan fingerprint density at radius 2 is 2.27 bits per heavy atom. The predicted molar refractivity (Wildman–Crippen MR) is 46.6 cm³/mol. The van der Waals surface area contributed by atoms with E-state index in [1.54, 1.807) is 25.3 Å². The highest BCUT2D eigenvalue weighted by molar-refractivity contribution is 6.34. The summed E-state index contributed by atoms with van der Waals surface area (Å²) >= 11 is 0. The zero-order valence-electron chi connectivity index (χ0n) is 6.50. The van der Waals surface area contributed by atoms with Gasteiger partial charge in [-0.25, -0.2) is 0 Å². The van der Waals surface area contributed by atoms with Crippen LogP contribution in [0.15, 0.2) is 23.4 Å². The van der Waals surface area contributed by atoms with Crippen molar-refractivity contribution in [3.05, 3.63) is 23.1 Å². The van der Waals surface area contributed by atoms with Crippen molar-refractivity contribution in [1.82, 2.24) is 0 Å². The third kappa shape index (κ3) is 1.58. The van der Waals surface area contributed by atoms with Gasteiger partial charge >= 0.3 is 0 Å². The minimum atomic E-state index is 0.434. The van der Waals surface area contributed by atoms with Crippen LogP contribution in [0.4, 0.5) is 5.69 Å². The van der Waals surface area contributed by atoms with Crippen LogP contribution in [-0.2, 0) is 0 Å². The van der Waals surface area contributed by atoms with Gasteiger partial charge in [0.05, 0.1) is 7.11 Å². The fourth-order valence-electron chi connectivity index (χ4n) is 0.919. The molecule has 0 spiro atoms. The van der Waals surface area contributed by atoms with E-state index >= 15 is 0 Å². The fourth-order valence-corrected chi connectivity index (χ4v) is 0.919. The number of nitroso groups, excluding NO2 is 1. The summed E-state index contributed by atoms with van der Waals surface area (Å²) in [5.41, 5.74) is 1.35. The van der Waals surface area contributed by atoms with Gasteiger partial charge in [-0.2, -0.15) is 0 Å². The minimum absolute atomic E-state index is 0.434. The lowest BCUT2D eigenvalue weighted by Gasteiger charge is -2.02. The molecule has 1 aromatic carbocycles. The van der Waals surface area contributed by atoms with Crippen molar-refractivity contribution >= 4 is 19.0 Å². The number of benzene rings is 1. The molecule has 0 aliphatic carbocycles. The molecule has 0 bridgehead atoms. The Kier molecular flexibility index (Phi) is 2.26. The number of hydrogen-bond donors (Lipinski definition) is 0. The third-order valence-corrected chi connectivity index (χ3v) is 1.48. The molecule has 11 heavy (non-hydrogen) atoms. The average molecular weight is 149 g/mol. The molecule has 0 unspecified atom stereocenters. The van der Waals surface area contributed by atoms with Crippen LogP contribution in [0.3, 0.4) is 0 Å². The molecule has 0 saturated carbocycles. The van der Waals surface area contributed by atoms with Gasteiger partial charge in [-0.1, -0.05) is 0 Å². The second-order valence-corrected chi connectivity index (χ2v) is 2.25. The van der Waals surface area contributed by atoms with Gasteiger partial charge in [-0.3, -0.25) is 0 Å². The van der Waals surface area contributed by atoms with Gasteiger partial charge in [0.2, 0.25) is 0 Å². The first-order valence-corrected chi connectivity index (χ1v) is 3.26. The summed E-state index contributed by atoms with van der Waals surface area (Å²) in [5, 5.41) is 2.80. The molecule has 3 nitrogen and oxygen atoms in total. The predicted octanol–water partition coefficient (Wildman–Crippen LogP) is 0.351. The van der Waals surface area contributed by atoms with Gasteiger partial charge in [0.15, 0.2) is 0 Å². The number of nitrogens with zero attached hydrogens (tertiary/aromatic N) is 1. The van der Waals surface area contributed by atoms with E-state index in [4.69, 9.17) is 4.74 Å². The van der Waals surface area contributed by atoms with Crippen LogP contribution in [0.1, 0.15) is 0 Å². The Morgan fingerprint density at radius 3 is 2.73 bits per heavy atom. The Bertz CT molecular complexity index is 275. The van der Waals surface area contributed by atoms with Crippen molar-refractivity contribution in [3.63, 3.8) is 0 Å². The molecule has 0 aromatic heterocycles. The molecular formula is C7H8BNO2. The standard InChI is InChI=1S/C7H8BNO2/c1-11-7-3-2-5(9-10)4-6(7)8/h2-4H,8H2,1H3. The van der Waals surface area contributed by atoms with Crippen LogP contribution in [-0.4, -0.2) is 15.0 Å². The van der Waals surface area contributed by atoms with Crippen molar-refractivity contribution < 1.29 is 4.74 Å². The third-order valence-electron chi connectivity index (χ3n) is 1.48. The molecule has 0 heterocycles. The van der Waals surface area contributed by atoms with Crippen LogP contribution in [0.2, 0.25) is 0 Å². The quantitative estimate of drug-likeness (QED) is 0.449. The maximum atomic E-state index is 10.1. The van der Waals surface area contributed by atoms with Gasteiger partial charge in [-0.15, -0.1) is 4.91 Å². The molecule has 0 aliphatic rings. The number of ether oxygens (including phenoxy) is 1. The molecule has 0 saturated heterocycles. The summed E-state index contributed by atoms with van der Waals surface area (Å²) in [6.45, 7) is 0. The van der Waals surface area contributed by atoms with Gasteiger partial charge in [-0.05, 0) is 28.8 Å². The second-order valence-electron chi connectivity index (χ2n) is 2.25. The molecule has 1 aromatic rings. The van der Waals surface area contributed by atoms with Crippen molar-refractivity contribution in [1.29, 1.82) is 0 Å². The Hall–Kier alpha value is -1.32. The summed E-state index contributed by atoms with van der Waals surface area (Å²) in [4.78, 5) is 10.1. The molecule has 0 N–H and O–H groups in total. The summed E-state index contributed by atoms with van der Waals surface area (Å²) in [5.74, 6) is 0.775. The van der Waals surface area contributed by atoms with Crippen LogP contribution in [0.5, 0.6) is 5.75 Å². The van der Waals surface area contributed by atoms with Crippen molar-refractivity contribution in [2.24, 2.45) is 5.18 Å². The number of rotatable bonds is 2. The maximum Gasteiger partial charge on any atom is 0.144 e. The van der Waals surface area contributed by atoms with E-state index in [2.05, 4.69) is 5.18 Å². The molecule has 0 aliphatic heterocycles. The first-order valence-electron chi connectivity index (χ1n) is 3.26. The molecular weight excluding hydrogens is 141 g/mol. The summed E-state index contributed by atoms with van der Waals surface area (Å²) in [6.07, 6.45) is 0. The lowest BCUT2D eigenvalue weighted by Crippen LogP contribution is -2.05. The molecule has 0 amide bonds. The van der Waals surface area contributed by atoms with E-state index in [1.165, 1.54) is 0 Å². The van der Waals surface area contributed by atoms with E-state index in [0.717, 1.165) is 11.2 Å². The Labute approximate surface area is 65.8 Å². The van der Waals surface area contributed by atoms with E-state index in [0.29, 0.717) is 5.69 Å². The first kappa shape index (κ1) is 7.79. The van der Waals surface area contributed by atoms with Gasteiger partial charge in [0.1, 0.15) is 19.3 Å². The van der Waals surface area contributed by atoms with Crippen LogP contribution >= 0.6 is 0 Å². The molecule has 0 atom stereocenters. The highest BCUT2D eigenvalue weighted by Gasteiger charge is 1.98. The maximum absolute atomic E-state index is 10.1. The summed E-state index contributed by atoms with van der Waals surface area (Å²) in [7, 11) is 3.46. The smallest absolute Gasteiger partial charge is 0.144 e. The van der Waals surface area contributed by atoms with Gasteiger partial charge in [0.25, 0.3) is 0 Å². The van der Waals surface area contributed by atoms with E-state index in [1.807, 2.05) is 7.85 Å². The molecule has 56 valence electrons. The number of hydrogen-bond acceptors (Lipinski definition) is 3. The van der Waals surface area contributed by atoms with Crippen molar-refractivity contribution in [2.75, 3.05) is 7.11 Å². The van der Waals surface area contributed by atoms with Crippen molar-refractivity contribution in [3.8, 4) is 5.75 Å². The largest absolute Gasteiger partial charge is 0.497 e. The topological polar surface area (TPSA) is 38.7 Å². The molecule has 0 radical (unpaired) electrons. The second kappa shape index (κ2) is 3.19. The molecule has 1 rings (SSSR count). The Morgan fingerprint density at radius 1 is 1.55 bits per heavy atom. The molecule has 0 fully saturated rings. The minimum Gasteiger partial charge on any atom is -0.497 e. The van der Waals surface area contributed by atoms with E-state index < -0.39 is 0 Å². The fraction of sp³-hybridized carbons (Fsp3) is 0.143. The van der Waals surface area contributed by atoms with Crippen LogP contribution in [0, 0.1) is 4.91 Å². The van der Waals surface area contributed by atoms with Gasteiger partial charge < -0.3 is 4.74 Å². The highest BCUT2D eigenvalue weighted by atomic mass is 16.5. The summed E-state index contributed by atoms with van der Waals surface area (Å²) in [6, 6.07) is 5.04. The molecule has 4 heteroatoms. The lowest BCUT2D eigenvalue weighted by atomic mass is 9.95. The lowest BCUT2D eigenvalue weighted by molar-refractivity contribution is 0.418. The van der Waals surface area contributed by atoms with Crippen molar-refractivity contribution in [2.45, 2.75) is 0 Å². The van der Waals surface area contributed by atoms with Gasteiger partial charge in [0, 0.05) is 0 Å². The first-order chi connectivity index (χ1) is 5.27. The SMILES string of the molecule is Bc1cc(N=O)ccc1OC. The Balaban J connectivity index is 3.09. The summed E-state index contributed by atoms with van der Waals surface area (Å²) < 4.78 is 5.00. The normalized spacial score (nSPS) is 9.18. The van der Waals surface area contributed by atoms with Crippen LogP contribution < -0.4 is 10.2 Å². The highest BCUT2D eigenvalue weighted by Crippen LogP contribution is 2.13.